The van der Waals surface area contributed by atoms with Gasteiger partial charge in [0.1, 0.15) is 317 Å². The molecule has 0 amide bonds. The molecule has 0 aromatic carbocycles. The van der Waals surface area contributed by atoms with Crippen LogP contribution in [0, 0.1) is 0 Å². The second kappa shape index (κ2) is 49.9. The maximum Gasteiger partial charge on any atom is 0.187 e. The lowest BCUT2D eigenvalue weighted by molar-refractivity contribution is -0.427. The van der Waals surface area contributed by atoms with Gasteiger partial charge in [-0.05, 0) is 0 Å². The SMILES string of the molecule is OC[C@@H]1O[C@@H]2O[C@@H]3[C@H](O[C@H]4[C@H](O[C@H]5[C@@H](OC[C@H]6O[C@H](O[C@H]7[C@H](O[C@@H]8[C@@H](O[C@H]9[C@@H](O[C@H]%10[C@@H](O[C@@H]%11[C@H](O[C@@H]%12[C@H](O[C@@H]%13[C@@H](O[C@@H]%14[C@H](O[C@@H]2[C@@H](O)[C@H]1O)O[C@H](CO)[C@H](O)[C@H]%14O)O[C@@H](CO)[C@@H](O)[C@H]%13O)O[C@@H](CO)[C@@H](O)[C@@H]%12O)O[C@H](CO)[C@@H](O)[C@@H]%11O)O[C@@H](CO)[C@@H](O)[C@@H]%10O)O[C@H](CO)[C@H](O)[C@H]9O)O[C@@H](CO)[C@@H](O)[C@@H]8O)O[C@@H](CO)[C@@H](O)[C@H]7O)[C@H](O)[C@H](O)[C@@H]6O)O[C@@H](CO)[C@H](O)[C@@H]5O)O[C@@H](CO)[C@H](O)[C@@H]4O)O[C@@H](CO)[C@@H](O)[C@H]3O. The Balaban J connectivity index is 0.881. The lowest BCUT2D eigenvalue weighted by Crippen LogP contribution is -2.70. The zero-order valence-electron chi connectivity index (χ0n) is 74.8. The van der Waals surface area contributed by atoms with Gasteiger partial charge in [-0.1, -0.05) is 0 Å². The van der Waals surface area contributed by atoms with Crippen molar-refractivity contribution in [1.29, 1.82) is 0 Å². The van der Waals surface area contributed by atoms with E-state index in [4.69, 9.17) is 123 Å². The summed E-state index contributed by atoms with van der Waals surface area (Å²) in [6.07, 6.45) is -157. The van der Waals surface area contributed by atoms with Gasteiger partial charge in [-0.2, -0.15) is 0 Å². The van der Waals surface area contributed by atoms with Crippen LogP contribution in [0.5, 0.6) is 0 Å². The Morgan fingerprint density at radius 1 is 0.112 bits per heavy atom. The van der Waals surface area contributed by atoms with Crippen molar-refractivity contribution in [3.8, 4) is 0 Å². The van der Waals surface area contributed by atoms with E-state index in [1.165, 1.54) is 0 Å². The van der Waals surface area contributed by atoms with Gasteiger partial charge in [0.25, 0.3) is 0 Å². The standard InChI is InChI=1S/C78H130O65/c79-1-14-27(91)41(105)54-67(119-14)118-13-26-39(103)40(104)53(117)66(131-26)132-55-42(106)28(92)15(2-80)120-68(55)134-57-44(108)30(94)17(4-82)122-70(57)136-59-46(110)32(96)19(6-84)124-72(59)138-61-48(112)34(98)21(8-86)126-74(61)140-63-50(114)36(100)23(10-88)128-76(63)142-65-52(116)38(102)25(12-90)130-78(65)143-64-51(115)37(101)24(11-89)129-77(64)141-62-49(113)35(99)22(9-87)127-75(62)139-60-47(111)33(97)20(7-85)125-73(60)137-58-45(109)31(95)18(5-83)123-71(58)135-56-43(107)29(93)16(3-81)121-69(56)133-54/h14-117H,1-13H2/t14-,15-,16-,17-,18-,19+,20-,21-,22+,23+,24-,25-,26+,27-,28+,29-,30+,31+,32-,33-,34+,35-,36+,37+,38+,39+,40+,41-,42+,43-,44-,45+,46+,47-,48-,49+,50-,51+,52-,53+,54+,55+,56+,57-,58-,59+,60+,61+,62-,63-,64-,65-,66+,67-,68-,69-,70+,71-,72+,73+,74+,75-,76-,77+,78-/m0/s1. The van der Waals surface area contributed by atoms with E-state index >= 15 is 0 Å². The molecule has 2 bridgehead atoms. The Labute approximate surface area is 805 Å². The molecule has 14 saturated heterocycles. The van der Waals surface area contributed by atoms with E-state index in [1.54, 1.807) is 0 Å². The van der Waals surface area contributed by atoms with E-state index in [0.717, 1.165) is 0 Å². The van der Waals surface area contributed by atoms with E-state index in [9.17, 15) is 199 Å². The van der Waals surface area contributed by atoms with Crippen LogP contribution in [0.15, 0.2) is 0 Å². The summed E-state index contributed by atoms with van der Waals surface area (Å²) in [4.78, 5) is 0. The molecule has 0 spiro atoms. The number of hydrogen-bond acceptors (Lipinski definition) is 65. The maximum atomic E-state index is 12.3. The molecule has 0 radical (unpaired) electrons. The van der Waals surface area contributed by atoms with Crippen LogP contribution in [0.25, 0.3) is 0 Å². The molecule has 0 saturated carbocycles. The van der Waals surface area contributed by atoms with Gasteiger partial charge in [0.15, 0.2) is 81.8 Å². The zero-order chi connectivity index (χ0) is 104. The quantitative estimate of drug-likeness (QED) is 0.0863. The highest BCUT2D eigenvalue weighted by Gasteiger charge is 2.66. The normalized spacial score (nSPS) is 55.4. The molecule has 14 rings (SSSR count). The van der Waals surface area contributed by atoms with Crippen LogP contribution in [0.4, 0.5) is 0 Å². The zero-order valence-corrected chi connectivity index (χ0v) is 74.8. The van der Waals surface area contributed by atoms with Crippen LogP contribution in [0.3, 0.4) is 0 Å². The molecule has 65 atom stereocenters. The molecule has 65 nitrogen and oxygen atoms in total. The smallest absolute Gasteiger partial charge is 0.187 e. The Bertz CT molecular complexity index is 3660. The van der Waals surface area contributed by atoms with Crippen LogP contribution in [0.1, 0.15) is 0 Å². The molecule has 14 aliphatic heterocycles. The third-order valence-electron chi connectivity index (χ3n) is 27.5. The molecule has 0 aromatic rings. The number of hydrogen-bond donors (Lipinski definition) is 39. The summed E-state index contributed by atoms with van der Waals surface area (Å²) in [5, 5.41) is 448. The average Bonchev–Trinajstić information content (AvgIpc) is 0.763. The largest absolute Gasteiger partial charge is 0.394 e. The van der Waals surface area contributed by atoms with Gasteiger partial charge in [-0.15, -0.1) is 0 Å². The third kappa shape index (κ3) is 23.5. The summed E-state index contributed by atoms with van der Waals surface area (Å²) in [7, 11) is 0. The average molecular weight is 2110 g/mol. The molecule has 0 aliphatic carbocycles. The van der Waals surface area contributed by atoms with Crippen molar-refractivity contribution in [3.63, 3.8) is 0 Å². The van der Waals surface area contributed by atoms with Crippen molar-refractivity contribution < 1.29 is 322 Å². The molecule has 39 N–H and O–H groups in total. The number of aliphatic hydroxyl groups excluding tert-OH is 39. The van der Waals surface area contributed by atoms with Gasteiger partial charge in [0, 0.05) is 0 Å². The van der Waals surface area contributed by atoms with E-state index in [1.807, 2.05) is 0 Å². The van der Waals surface area contributed by atoms with Crippen LogP contribution >= 0.6 is 0 Å². The Morgan fingerprint density at radius 3 is 0.364 bits per heavy atom. The molecule has 143 heavy (non-hydrogen) atoms. The molecule has 832 valence electrons. The second-order valence-corrected chi connectivity index (χ2v) is 36.5. The van der Waals surface area contributed by atoms with E-state index in [-0.39, 0.29) is 0 Å². The summed E-state index contributed by atoms with van der Waals surface area (Å²) < 4.78 is 157. The van der Waals surface area contributed by atoms with Crippen molar-refractivity contribution in [2.24, 2.45) is 0 Å². The minimum atomic E-state index is -2.63. The highest BCUT2D eigenvalue weighted by molar-refractivity contribution is 5.06. The molecule has 14 fully saturated rings. The molecule has 0 unspecified atom stereocenters. The minimum absolute atomic E-state index is 1.20. The number of fused-ring (bicyclic) bond motifs is 14. The van der Waals surface area contributed by atoms with E-state index in [2.05, 4.69) is 0 Å². The number of rotatable bonds is 12. The maximum absolute atomic E-state index is 12.3. The Morgan fingerprint density at radius 2 is 0.231 bits per heavy atom. The predicted octanol–water partition coefficient (Wildman–Crippen LogP) is -28.3. The molecular formula is C78H130O65. The van der Waals surface area contributed by atoms with E-state index < -0.39 is 485 Å². The van der Waals surface area contributed by atoms with Crippen molar-refractivity contribution in [2.75, 3.05) is 85.9 Å². The van der Waals surface area contributed by atoms with Gasteiger partial charge in [0.05, 0.1) is 85.9 Å². The summed E-state index contributed by atoms with van der Waals surface area (Å²) in [5.41, 5.74) is 0. The number of aliphatic hydroxyl groups is 39. The summed E-state index contributed by atoms with van der Waals surface area (Å²) in [6.45, 7) is -16.6. The molecular weight excluding hydrogens is 1980 g/mol. The topological polar surface area (TPSA) is 1030 Å². The minimum Gasteiger partial charge on any atom is -0.394 e. The Kier molecular flexibility index (Phi) is 40.4. The highest BCUT2D eigenvalue weighted by atomic mass is 16.9. The van der Waals surface area contributed by atoms with Gasteiger partial charge < -0.3 is 322 Å². The fourth-order valence-electron chi connectivity index (χ4n) is 19.0. The molecule has 65 heteroatoms. The van der Waals surface area contributed by atoms with Gasteiger partial charge >= 0.3 is 0 Å². The molecule has 0 aromatic heterocycles. The van der Waals surface area contributed by atoms with Crippen LogP contribution in [0.2, 0.25) is 0 Å². The summed E-state index contributed by atoms with van der Waals surface area (Å²) >= 11 is 0. The predicted molar refractivity (Wildman–Crippen MR) is 424 cm³/mol. The van der Waals surface area contributed by atoms with Crippen molar-refractivity contribution in [3.05, 3.63) is 0 Å². The van der Waals surface area contributed by atoms with E-state index in [0.29, 0.717) is 0 Å². The first-order valence-corrected chi connectivity index (χ1v) is 45.7. The number of ether oxygens (including phenoxy) is 26. The lowest BCUT2D eigenvalue weighted by Gasteiger charge is -2.51. The Hall–Kier alpha value is -2.60. The van der Waals surface area contributed by atoms with Crippen molar-refractivity contribution in [2.45, 2.75) is 399 Å². The highest BCUT2D eigenvalue weighted by Crippen LogP contribution is 2.45. The first-order valence-electron chi connectivity index (χ1n) is 45.7. The monoisotopic (exact) mass is 2110 g/mol. The first kappa shape index (κ1) is 116. The van der Waals surface area contributed by atoms with Crippen molar-refractivity contribution >= 4 is 0 Å². The van der Waals surface area contributed by atoms with Gasteiger partial charge in [-0.25, -0.2) is 0 Å². The fourth-order valence-corrected chi connectivity index (χ4v) is 19.0. The second-order valence-electron chi connectivity index (χ2n) is 36.5. The summed E-state index contributed by atoms with van der Waals surface area (Å²) in [6, 6.07) is 0. The molecule has 14 aliphatic rings. The third-order valence-corrected chi connectivity index (χ3v) is 27.5. The van der Waals surface area contributed by atoms with Crippen LogP contribution in [-0.2, 0) is 123 Å². The lowest BCUT2D eigenvalue weighted by atomic mass is 9.95. The first-order chi connectivity index (χ1) is 68.0. The van der Waals surface area contributed by atoms with Crippen molar-refractivity contribution in [1.82, 2.24) is 0 Å². The summed E-state index contributed by atoms with van der Waals surface area (Å²) in [5.74, 6) is 0. The van der Waals surface area contributed by atoms with Crippen LogP contribution in [-0.4, -0.2) is 684 Å². The van der Waals surface area contributed by atoms with Crippen LogP contribution < -0.4 is 0 Å². The van der Waals surface area contributed by atoms with Gasteiger partial charge in [-0.3, -0.25) is 0 Å². The van der Waals surface area contributed by atoms with Gasteiger partial charge in [0.2, 0.25) is 0 Å². The molecule has 14 heterocycles. The fraction of sp³-hybridized carbons (Fsp3) is 1.00.